The van der Waals surface area contributed by atoms with E-state index in [0.717, 1.165) is 0 Å². The van der Waals surface area contributed by atoms with Crippen molar-refractivity contribution in [3.05, 3.63) is 51.7 Å². The second-order valence-electron chi connectivity index (χ2n) is 7.32. The number of fused-ring (bicyclic) bond motifs is 1. The number of nitrogens with zero attached hydrogens (tertiary/aromatic N) is 4. The SMILES string of the molecule is N#CC12CC(n3nc4n(c3=O)C(c3c(F)cccc3F)CC4)(C1)C2. The minimum absolute atomic E-state index is 0.0657. The lowest BCUT2D eigenvalue weighted by atomic mass is 9.40. The normalized spacial score (nSPS) is 32.6. The van der Waals surface area contributed by atoms with Crippen molar-refractivity contribution in [3.8, 4) is 6.07 Å². The van der Waals surface area contributed by atoms with Gasteiger partial charge in [0.2, 0.25) is 0 Å². The van der Waals surface area contributed by atoms with Crippen molar-refractivity contribution in [1.29, 1.82) is 5.26 Å². The highest BCUT2D eigenvalue weighted by Gasteiger charge is 2.71. The fourth-order valence-electron chi connectivity index (χ4n) is 4.79. The zero-order valence-electron chi connectivity index (χ0n) is 12.8. The van der Waals surface area contributed by atoms with Gasteiger partial charge in [0.05, 0.1) is 23.1 Å². The highest BCUT2D eigenvalue weighted by atomic mass is 19.1. The summed E-state index contributed by atoms with van der Waals surface area (Å²) in [6.07, 6.45) is 2.91. The molecule has 1 atom stereocenters. The van der Waals surface area contributed by atoms with Crippen molar-refractivity contribution in [2.24, 2.45) is 5.41 Å². The highest BCUT2D eigenvalue weighted by Crippen LogP contribution is 2.70. The van der Waals surface area contributed by atoms with Crippen LogP contribution in [0, 0.1) is 28.4 Å². The second kappa shape index (κ2) is 4.12. The Hall–Kier alpha value is -2.49. The van der Waals surface area contributed by atoms with Crippen LogP contribution in [0.2, 0.25) is 0 Å². The van der Waals surface area contributed by atoms with E-state index < -0.39 is 17.7 Å². The topological polar surface area (TPSA) is 63.6 Å². The van der Waals surface area contributed by atoms with Crippen LogP contribution >= 0.6 is 0 Å². The van der Waals surface area contributed by atoms with Gasteiger partial charge in [0, 0.05) is 12.0 Å². The molecule has 1 aromatic heterocycles. The van der Waals surface area contributed by atoms with Crippen LogP contribution in [0.1, 0.15) is 43.1 Å². The molecule has 122 valence electrons. The maximum absolute atomic E-state index is 14.1. The second-order valence-corrected chi connectivity index (χ2v) is 7.32. The molecular weight excluding hydrogens is 314 g/mol. The van der Waals surface area contributed by atoms with Crippen molar-refractivity contribution in [3.63, 3.8) is 0 Å². The number of aromatic nitrogens is 3. The van der Waals surface area contributed by atoms with Gasteiger partial charge in [0.25, 0.3) is 0 Å². The van der Waals surface area contributed by atoms with Crippen LogP contribution < -0.4 is 5.69 Å². The zero-order valence-corrected chi connectivity index (χ0v) is 12.8. The van der Waals surface area contributed by atoms with Crippen LogP contribution in [0.3, 0.4) is 0 Å². The molecule has 1 aliphatic heterocycles. The first-order valence-electron chi connectivity index (χ1n) is 8.05. The zero-order chi connectivity index (χ0) is 16.7. The standard InChI is InChI=1S/C17H14F2N4O/c18-10-2-1-3-11(19)14(10)12-4-5-13-21-23(15(24)22(12)13)17-6-16(7-17,8-17)9-20/h1-3,12H,4-8H2. The lowest BCUT2D eigenvalue weighted by Gasteiger charge is -2.65. The third kappa shape index (κ3) is 1.47. The summed E-state index contributed by atoms with van der Waals surface area (Å²) in [5.41, 5.74) is -1.03. The molecule has 6 rings (SSSR count). The van der Waals surface area contributed by atoms with E-state index in [0.29, 0.717) is 37.9 Å². The van der Waals surface area contributed by atoms with E-state index in [1.807, 2.05) is 0 Å². The minimum atomic E-state index is -0.653. The first kappa shape index (κ1) is 13.9. The molecule has 2 heterocycles. The summed E-state index contributed by atoms with van der Waals surface area (Å²) in [6.45, 7) is 0. The highest BCUT2D eigenvalue weighted by molar-refractivity contribution is 5.30. The maximum Gasteiger partial charge on any atom is 0.347 e. The molecule has 1 unspecified atom stereocenters. The molecule has 1 aromatic carbocycles. The van der Waals surface area contributed by atoms with Gasteiger partial charge in [-0.15, -0.1) is 0 Å². The largest absolute Gasteiger partial charge is 0.347 e. The summed E-state index contributed by atoms with van der Waals surface area (Å²) in [5, 5.41) is 13.6. The average molecular weight is 328 g/mol. The van der Waals surface area contributed by atoms with Gasteiger partial charge in [-0.1, -0.05) is 6.07 Å². The average Bonchev–Trinajstić information content (AvgIpc) is 2.99. The van der Waals surface area contributed by atoms with Crippen molar-refractivity contribution in [2.75, 3.05) is 0 Å². The Bertz CT molecular complexity index is 943. The van der Waals surface area contributed by atoms with E-state index in [4.69, 9.17) is 5.26 Å². The minimum Gasteiger partial charge on any atom is -0.271 e. The predicted octanol–water partition coefficient (Wildman–Crippen LogP) is 2.26. The van der Waals surface area contributed by atoms with E-state index in [9.17, 15) is 13.6 Å². The third-order valence-electron chi connectivity index (χ3n) is 5.86. The van der Waals surface area contributed by atoms with E-state index >= 15 is 0 Å². The number of aryl methyl sites for hydroxylation is 1. The van der Waals surface area contributed by atoms with Crippen LogP contribution in [0.4, 0.5) is 8.78 Å². The smallest absolute Gasteiger partial charge is 0.271 e. The fourth-order valence-corrected chi connectivity index (χ4v) is 4.79. The van der Waals surface area contributed by atoms with Crippen molar-refractivity contribution < 1.29 is 8.78 Å². The van der Waals surface area contributed by atoms with Gasteiger partial charge in [-0.2, -0.15) is 10.4 Å². The van der Waals surface area contributed by atoms with Crippen LogP contribution in [0.15, 0.2) is 23.0 Å². The monoisotopic (exact) mass is 328 g/mol. The summed E-state index contributed by atoms with van der Waals surface area (Å²) < 4.78 is 31.2. The van der Waals surface area contributed by atoms with E-state index in [1.165, 1.54) is 27.4 Å². The van der Waals surface area contributed by atoms with Gasteiger partial charge < -0.3 is 0 Å². The summed E-state index contributed by atoms with van der Waals surface area (Å²) in [7, 11) is 0. The molecule has 2 aromatic rings. The predicted molar refractivity (Wildman–Crippen MR) is 79.2 cm³/mol. The first-order chi connectivity index (χ1) is 11.5. The molecule has 24 heavy (non-hydrogen) atoms. The van der Waals surface area contributed by atoms with Gasteiger partial charge in [0.1, 0.15) is 17.5 Å². The Morgan fingerprint density at radius 1 is 1.25 bits per heavy atom. The number of halogens is 2. The molecule has 0 amide bonds. The van der Waals surface area contributed by atoms with Gasteiger partial charge in [-0.25, -0.2) is 18.3 Å². The molecular formula is C17H14F2N4O. The molecule has 0 N–H and O–H groups in total. The number of benzene rings is 1. The Labute approximate surface area is 136 Å². The van der Waals surface area contributed by atoms with E-state index in [-0.39, 0.29) is 22.2 Å². The molecule has 3 fully saturated rings. The molecule has 3 aliphatic carbocycles. The molecule has 0 radical (unpaired) electrons. The third-order valence-corrected chi connectivity index (χ3v) is 5.86. The van der Waals surface area contributed by atoms with Gasteiger partial charge >= 0.3 is 5.69 Å². The van der Waals surface area contributed by atoms with Crippen molar-refractivity contribution >= 4 is 0 Å². The summed E-state index contributed by atoms with van der Waals surface area (Å²) in [5.74, 6) is -0.703. The Morgan fingerprint density at radius 3 is 2.54 bits per heavy atom. The van der Waals surface area contributed by atoms with E-state index in [1.54, 1.807) is 0 Å². The molecule has 2 bridgehead atoms. The number of rotatable bonds is 2. The molecule has 4 aliphatic rings. The van der Waals surface area contributed by atoms with Crippen molar-refractivity contribution in [1.82, 2.24) is 14.3 Å². The van der Waals surface area contributed by atoms with Crippen LogP contribution in [-0.4, -0.2) is 14.3 Å². The molecule has 0 spiro atoms. The van der Waals surface area contributed by atoms with Gasteiger partial charge in [-0.05, 0) is 37.8 Å². The van der Waals surface area contributed by atoms with Crippen LogP contribution in [0.25, 0.3) is 0 Å². The fraction of sp³-hybridized carbons (Fsp3) is 0.471. The lowest BCUT2D eigenvalue weighted by Crippen LogP contribution is -2.69. The molecule has 5 nitrogen and oxygen atoms in total. The summed E-state index contributed by atoms with van der Waals surface area (Å²) in [6, 6.07) is 5.40. The number of hydrogen-bond acceptors (Lipinski definition) is 3. The maximum atomic E-state index is 14.1. The van der Waals surface area contributed by atoms with Crippen molar-refractivity contribution in [2.45, 2.75) is 43.7 Å². The number of nitriles is 1. The molecule has 0 saturated heterocycles. The van der Waals surface area contributed by atoms with E-state index in [2.05, 4.69) is 11.2 Å². The first-order valence-corrected chi connectivity index (χ1v) is 8.05. The van der Waals surface area contributed by atoms with Gasteiger partial charge in [0.15, 0.2) is 0 Å². The lowest BCUT2D eigenvalue weighted by molar-refractivity contribution is -0.155. The summed E-state index contributed by atoms with van der Waals surface area (Å²) in [4.78, 5) is 12.9. The Kier molecular flexibility index (Phi) is 2.39. The quantitative estimate of drug-likeness (QED) is 0.849. The molecule has 7 heteroatoms. The Morgan fingerprint density at radius 2 is 1.92 bits per heavy atom. The van der Waals surface area contributed by atoms with Gasteiger partial charge in [-0.3, -0.25) is 4.57 Å². The Balaban J connectivity index is 1.59. The summed E-state index contributed by atoms with van der Waals surface area (Å²) >= 11 is 0. The van der Waals surface area contributed by atoms with Crippen LogP contribution in [0.5, 0.6) is 0 Å². The van der Waals surface area contributed by atoms with Crippen LogP contribution in [-0.2, 0) is 12.0 Å². The number of hydrogen-bond donors (Lipinski definition) is 0. The molecule has 3 saturated carbocycles.